The molecule has 0 aliphatic rings. The highest BCUT2D eigenvalue weighted by atomic mass is 16.5. The van der Waals surface area contributed by atoms with Crippen molar-refractivity contribution in [3.05, 3.63) is 70.7 Å². The predicted molar refractivity (Wildman–Crippen MR) is 99.1 cm³/mol. The maximum atomic E-state index is 12.4. The van der Waals surface area contributed by atoms with Gasteiger partial charge in [-0.25, -0.2) is 4.98 Å². The van der Waals surface area contributed by atoms with E-state index in [1.165, 1.54) is 5.56 Å². The minimum absolute atomic E-state index is 0.170. The summed E-state index contributed by atoms with van der Waals surface area (Å²) in [6, 6.07) is 14.8. The second kappa shape index (κ2) is 7.82. The molecule has 134 valence electrons. The van der Waals surface area contributed by atoms with Crippen LogP contribution < -0.4 is 14.8 Å². The van der Waals surface area contributed by atoms with Crippen LogP contribution >= 0.6 is 0 Å². The molecule has 1 N–H and O–H groups in total. The van der Waals surface area contributed by atoms with E-state index >= 15 is 0 Å². The van der Waals surface area contributed by atoms with Crippen LogP contribution in [0.15, 0.2) is 48.5 Å². The first kappa shape index (κ1) is 17.7. The summed E-state index contributed by atoms with van der Waals surface area (Å²) in [5, 5.41) is 15.2. The first-order chi connectivity index (χ1) is 12.6. The fourth-order valence-corrected chi connectivity index (χ4v) is 2.79. The number of carbonyl (C=O) groups excluding carboxylic acids is 1. The Kier molecular flexibility index (Phi) is 5.31. The molecular formula is C20H21N3O3. The molecule has 1 amide bonds. The molecule has 3 aromatic rings. The van der Waals surface area contributed by atoms with Crippen molar-refractivity contribution >= 4 is 16.9 Å². The summed E-state index contributed by atoms with van der Waals surface area (Å²) in [5.74, 6) is 0.499. The molecule has 26 heavy (non-hydrogen) atoms. The number of hydrogen-bond donors (Lipinski definition) is 1. The molecule has 0 aliphatic carbocycles. The van der Waals surface area contributed by atoms with E-state index in [-0.39, 0.29) is 11.6 Å². The third kappa shape index (κ3) is 3.74. The number of amides is 1. The summed E-state index contributed by atoms with van der Waals surface area (Å²) in [5.41, 5.74) is 2.62. The third-order valence-electron chi connectivity index (χ3n) is 4.28. The number of nitrogens with zero attached hydrogens (tertiary/aromatic N) is 2. The van der Waals surface area contributed by atoms with Crippen LogP contribution in [-0.4, -0.2) is 24.5 Å². The topological polar surface area (TPSA) is 78.2 Å². The summed E-state index contributed by atoms with van der Waals surface area (Å²) >= 11 is 0. The van der Waals surface area contributed by atoms with Crippen molar-refractivity contribution in [2.24, 2.45) is 0 Å². The Morgan fingerprint density at radius 2 is 1.92 bits per heavy atom. The summed E-state index contributed by atoms with van der Waals surface area (Å²) in [6.07, 6.45) is 1.64. The lowest BCUT2D eigenvalue weighted by Gasteiger charge is -2.10. The second-order valence-electron chi connectivity index (χ2n) is 6.04. The molecule has 6 heteroatoms. The molecular weight excluding hydrogens is 330 g/mol. The molecule has 1 heterocycles. The van der Waals surface area contributed by atoms with Crippen molar-refractivity contribution < 1.29 is 14.3 Å². The van der Waals surface area contributed by atoms with Gasteiger partial charge in [0.15, 0.2) is 5.69 Å². The number of benzene rings is 2. The number of fused-ring (bicyclic) bond motifs is 1. The average molecular weight is 351 g/mol. The van der Waals surface area contributed by atoms with Crippen LogP contribution in [0.3, 0.4) is 0 Å². The highest BCUT2D eigenvalue weighted by Gasteiger charge is 2.20. The Hall–Kier alpha value is -3.15. The molecule has 1 aromatic heterocycles. The molecule has 0 saturated heterocycles. The van der Waals surface area contributed by atoms with Crippen LogP contribution in [-0.2, 0) is 6.42 Å². The van der Waals surface area contributed by atoms with Gasteiger partial charge in [0.05, 0.1) is 7.11 Å². The maximum Gasteiger partial charge on any atom is 0.276 e. The average Bonchev–Trinajstić information content (AvgIpc) is 2.68. The smallest absolute Gasteiger partial charge is 0.276 e. The van der Waals surface area contributed by atoms with Gasteiger partial charge < -0.3 is 15.3 Å². The van der Waals surface area contributed by atoms with Gasteiger partial charge in [-0.1, -0.05) is 24.3 Å². The number of hydrogen-bond acceptors (Lipinski definition) is 4. The molecule has 2 aromatic carbocycles. The second-order valence-corrected chi connectivity index (χ2v) is 6.04. The van der Waals surface area contributed by atoms with Crippen molar-refractivity contribution in [3.63, 3.8) is 0 Å². The highest BCUT2D eigenvalue weighted by molar-refractivity contribution is 5.94. The lowest BCUT2D eigenvalue weighted by atomic mass is 10.1. The van der Waals surface area contributed by atoms with Gasteiger partial charge in [0.25, 0.3) is 5.91 Å². The van der Waals surface area contributed by atoms with E-state index in [1.54, 1.807) is 38.3 Å². The fraction of sp³-hybridized carbons (Fsp3) is 0.250. The van der Waals surface area contributed by atoms with E-state index in [4.69, 9.17) is 4.74 Å². The number of ether oxygens (including phenoxy) is 1. The number of para-hydroxylation sites is 2. The van der Waals surface area contributed by atoms with E-state index in [0.29, 0.717) is 23.3 Å². The molecule has 0 saturated carbocycles. The number of aryl methyl sites for hydroxylation is 1. The van der Waals surface area contributed by atoms with Crippen LogP contribution in [0.2, 0.25) is 0 Å². The zero-order valence-corrected chi connectivity index (χ0v) is 14.9. The first-order valence-electron chi connectivity index (χ1n) is 8.50. The van der Waals surface area contributed by atoms with Crippen molar-refractivity contribution in [2.45, 2.75) is 19.8 Å². The van der Waals surface area contributed by atoms with Gasteiger partial charge in [0.2, 0.25) is 11.2 Å². The van der Waals surface area contributed by atoms with E-state index in [9.17, 15) is 10.0 Å². The van der Waals surface area contributed by atoms with Gasteiger partial charge in [0.1, 0.15) is 11.3 Å². The number of nitrogens with one attached hydrogen (secondary N) is 1. The Morgan fingerprint density at radius 3 is 2.65 bits per heavy atom. The lowest BCUT2D eigenvalue weighted by Crippen LogP contribution is -2.37. The van der Waals surface area contributed by atoms with E-state index in [1.807, 2.05) is 24.3 Å². The lowest BCUT2D eigenvalue weighted by molar-refractivity contribution is -0.584. The largest absolute Gasteiger partial charge is 0.618 e. The van der Waals surface area contributed by atoms with E-state index < -0.39 is 0 Å². The Labute approximate surface area is 152 Å². The van der Waals surface area contributed by atoms with Gasteiger partial charge >= 0.3 is 0 Å². The van der Waals surface area contributed by atoms with Crippen molar-refractivity contribution in [1.29, 1.82) is 0 Å². The van der Waals surface area contributed by atoms with Gasteiger partial charge in [-0.2, -0.15) is 4.73 Å². The zero-order valence-electron chi connectivity index (χ0n) is 14.9. The third-order valence-corrected chi connectivity index (χ3v) is 4.28. The predicted octanol–water partition coefficient (Wildman–Crippen LogP) is 2.55. The molecule has 0 spiro atoms. The van der Waals surface area contributed by atoms with Crippen molar-refractivity contribution in [1.82, 2.24) is 10.3 Å². The summed E-state index contributed by atoms with van der Waals surface area (Å²) in [6.45, 7) is 2.12. The van der Waals surface area contributed by atoms with Crippen LogP contribution in [0.1, 0.15) is 28.2 Å². The monoisotopic (exact) mass is 351 g/mol. The Balaban J connectivity index is 1.61. The number of carbonyl (C=O) groups is 1. The first-order valence-corrected chi connectivity index (χ1v) is 8.50. The summed E-state index contributed by atoms with van der Waals surface area (Å²) in [4.78, 5) is 16.8. The number of rotatable bonds is 6. The fourth-order valence-electron chi connectivity index (χ4n) is 2.79. The molecule has 3 rings (SSSR count). The van der Waals surface area contributed by atoms with Gasteiger partial charge in [-0.15, -0.1) is 0 Å². The summed E-state index contributed by atoms with van der Waals surface area (Å²) < 4.78 is 5.89. The molecule has 0 aliphatic heterocycles. The minimum atomic E-state index is -0.326. The highest BCUT2D eigenvalue weighted by Crippen LogP contribution is 2.13. The maximum absolute atomic E-state index is 12.4. The van der Waals surface area contributed by atoms with Gasteiger partial charge in [0, 0.05) is 19.5 Å². The Morgan fingerprint density at radius 1 is 1.19 bits per heavy atom. The van der Waals surface area contributed by atoms with Gasteiger partial charge in [-0.05, 0) is 36.6 Å². The van der Waals surface area contributed by atoms with Crippen LogP contribution in [0.5, 0.6) is 5.75 Å². The quantitative estimate of drug-likeness (QED) is 0.421. The van der Waals surface area contributed by atoms with Crippen LogP contribution in [0, 0.1) is 12.1 Å². The van der Waals surface area contributed by atoms with Crippen LogP contribution in [0.25, 0.3) is 11.0 Å². The van der Waals surface area contributed by atoms with Gasteiger partial charge in [-0.3, -0.25) is 4.79 Å². The van der Waals surface area contributed by atoms with E-state index in [0.717, 1.165) is 23.3 Å². The Bertz CT molecular complexity index is 923. The van der Waals surface area contributed by atoms with Crippen LogP contribution in [0.4, 0.5) is 0 Å². The summed E-state index contributed by atoms with van der Waals surface area (Å²) in [7, 11) is 1.64. The van der Waals surface area contributed by atoms with Crippen molar-refractivity contribution in [2.75, 3.05) is 13.7 Å². The minimum Gasteiger partial charge on any atom is -0.618 e. The van der Waals surface area contributed by atoms with E-state index in [2.05, 4.69) is 10.3 Å². The number of methoxy groups -OCH3 is 1. The molecule has 0 atom stereocenters. The SMILES string of the molecule is COc1ccc(CCCNC(=O)c2nc3ccccc3[n+]([O-])c2C)cc1. The van der Waals surface area contributed by atoms with Crippen molar-refractivity contribution in [3.8, 4) is 5.75 Å². The molecule has 6 nitrogen and oxygen atoms in total. The molecule has 0 radical (unpaired) electrons. The molecule has 0 bridgehead atoms. The molecule has 0 fully saturated rings. The molecule has 0 unspecified atom stereocenters. The number of aromatic nitrogens is 2. The normalized spacial score (nSPS) is 10.7. The zero-order chi connectivity index (χ0) is 18.5. The standard InChI is InChI=1S/C20H21N3O3/c1-14-19(22-17-7-3-4-8-18(17)23(14)25)20(24)21-13-5-6-15-9-11-16(26-2)12-10-15/h3-4,7-12H,5-6,13H2,1-2H3,(H,21,24).